The lowest BCUT2D eigenvalue weighted by Gasteiger charge is -2.19. The molecule has 1 N–H and O–H groups in total. The van der Waals surface area contributed by atoms with Gasteiger partial charge < -0.3 is 9.88 Å². The van der Waals surface area contributed by atoms with Gasteiger partial charge in [0.25, 0.3) is 0 Å². The summed E-state index contributed by atoms with van der Waals surface area (Å²) in [5.41, 5.74) is 2.41. The first-order valence-electron chi connectivity index (χ1n) is 8.29. The lowest BCUT2D eigenvalue weighted by atomic mass is 9.87. The average molecular weight is 359 g/mol. The van der Waals surface area contributed by atoms with Gasteiger partial charge in [0.15, 0.2) is 11.0 Å². The minimum Gasteiger partial charge on any atom is -0.352 e. The highest BCUT2D eigenvalue weighted by molar-refractivity contribution is 8.00. The van der Waals surface area contributed by atoms with E-state index in [0.717, 1.165) is 16.5 Å². The van der Waals surface area contributed by atoms with Gasteiger partial charge in [0.2, 0.25) is 5.91 Å². The van der Waals surface area contributed by atoms with Gasteiger partial charge in [-0.15, -0.1) is 16.8 Å². The Bertz CT molecular complexity index is 744. The molecule has 0 bridgehead atoms. The molecule has 2 aromatic rings. The minimum atomic E-state index is -0.251. The van der Waals surface area contributed by atoms with Gasteiger partial charge in [0.1, 0.15) is 0 Å². The van der Waals surface area contributed by atoms with Gasteiger partial charge >= 0.3 is 0 Å². The van der Waals surface area contributed by atoms with E-state index in [1.807, 2.05) is 18.5 Å². The Morgan fingerprint density at radius 1 is 1.32 bits per heavy atom. The van der Waals surface area contributed by atoms with Crippen LogP contribution in [0.2, 0.25) is 0 Å². The zero-order valence-corrected chi connectivity index (χ0v) is 16.4. The van der Waals surface area contributed by atoms with Crippen LogP contribution in [0.15, 0.2) is 42.1 Å². The number of amides is 1. The van der Waals surface area contributed by atoms with Crippen molar-refractivity contribution in [1.82, 2.24) is 20.1 Å². The average Bonchev–Trinajstić information content (AvgIpc) is 2.92. The quantitative estimate of drug-likeness (QED) is 0.633. The predicted molar refractivity (Wildman–Crippen MR) is 104 cm³/mol. The minimum absolute atomic E-state index is 0.0380. The molecule has 134 valence electrons. The molecule has 0 spiro atoms. The summed E-state index contributed by atoms with van der Waals surface area (Å²) in [5.74, 6) is 0.755. The van der Waals surface area contributed by atoms with Crippen LogP contribution in [0.3, 0.4) is 0 Å². The molecule has 2 rings (SSSR count). The third-order valence-corrected chi connectivity index (χ3v) is 5.05. The molecule has 1 atom stereocenters. The maximum atomic E-state index is 12.0. The molecule has 1 amide bonds. The van der Waals surface area contributed by atoms with E-state index in [1.165, 1.54) is 17.3 Å². The highest BCUT2D eigenvalue weighted by Gasteiger charge is 2.19. The van der Waals surface area contributed by atoms with Crippen molar-refractivity contribution in [3.05, 3.63) is 42.5 Å². The topological polar surface area (TPSA) is 59.8 Å². The molecule has 0 fully saturated rings. The Hall–Kier alpha value is -2.08. The van der Waals surface area contributed by atoms with Crippen molar-refractivity contribution in [1.29, 1.82) is 0 Å². The third kappa shape index (κ3) is 4.72. The van der Waals surface area contributed by atoms with E-state index in [-0.39, 0.29) is 16.6 Å². The second-order valence-corrected chi connectivity index (χ2v) is 8.29. The molecule has 0 unspecified atom stereocenters. The molecule has 0 radical (unpaired) electrons. The van der Waals surface area contributed by atoms with Gasteiger partial charge in [-0.2, -0.15) is 0 Å². The number of benzene rings is 1. The van der Waals surface area contributed by atoms with E-state index in [4.69, 9.17) is 0 Å². The Labute approximate surface area is 153 Å². The number of hydrogen-bond acceptors (Lipinski definition) is 4. The van der Waals surface area contributed by atoms with Crippen molar-refractivity contribution >= 4 is 17.7 Å². The van der Waals surface area contributed by atoms with Gasteiger partial charge in [-0.05, 0) is 17.9 Å². The maximum absolute atomic E-state index is 12.0. The molecule has 25 heavy (non-hydrogen) atoms. The molecule has 0 aliphatic rings. The van der Waals surface area contributed by atoms with Crippen LogP contribution in [0.4, 0.5) is 0 Å². The van der Waals surface area contributed by atoms with Crippen LogP contribution in [0.1, 0.15) is 33.3 Å². The van der Waals surface area contributed by atoms with Gasteiger partial charge in [0.05, 0.1) is 5.25 Å². The molecule has 6 heteroatoms. The summed E-state index contributed by atoms with van der Waals surface area (Å²) >= 11 is 1.39. The van der Waals surface area contributed by atoms with Gasteiger partial charge in [0, 0.05) is 19.2 Å². The van der Waals surface area contributed by atoms with Crippen molar-refractivity contribution in [3.8, 4) is 11.4 Å². The Morgan fingerprint density at radius 2 is 1.96 bits per heavy atom. The molecular weight excluding hydrogens is 332 g/mol. The lowest BCUT2D eigenvalue weighted by molar-refractivity contribution is -0.120. The van der Waals surface area contributed by atoms with Gasteiger partial charge in [-0.25, -0.2) is 0 Å². The zero-order chi connectivity index (χ0) is 18.6. The van der Waals surface area contributed by atoms with Crippen LogP contribution in [-0.2, 0) is 17.3 Å². The van der Waals surface area contributed by atoms with Crippen LogP contribution in [0.25, 0.3) is 11.4 Å². The predicted octanol–water partition coefficient (Wildman–Crippen LogP) is 3.56. The summed E-state index contributed by atoms with van der Waals surface area (Å²) in [5, 5.41) is 11.8. The zero-order valence-electron chi connectivity index (χ0n) is 15.5. The Morgan fingerprint density at radius 3 is 2.52 bits per heavy atom. The van der Waals surface area contributed by atoms with Crippen molar-refractivity contribution < 1.29 is 4.79 Å². The first-order valence-corrected chi connectivity index (χ1v) is 9.17. The summed E-state index contributed by atoms with van der Waals surface area (Å²) in [6, 6.07) is 8.39. The number of thioether (sulfide) groups is 1. The standard InChI is InChI=1S/C19H26N4OS/c1-7-12-20-17(24)13(2)25-18-22-21-16(23(18)6)14-8-10-15(11-9-14)19(3,4)5/h7-11,13H,1,12H2,2-6H3,(H,20,24)/t13-/m1/s1. The first-order chi connectivity index (χ1) is 11.7. The molecule has 0 saturated carbocycles. The smallest absolute Gasteiger partial charge is 0.233 e. The second kappa shape index (κ2) is 7.87. The number of aromatic nitrogens is 3. The summed E-state index contributed by atoms with van der Waals surface area (Å²) in [6.45, 7) is 12.5. The summed E-state index contributed by atoms with van der Waals surface area (Å²) in [6.07, 6.45) is 1.66. The Kier molecular flexibility index (Phi) is 6.06. The number of carbonyl (C=O) groups excluding carboxylic acids is 1. The van der Waals surface area contributed by atoms with Crippen LogP contribution in [0.5, 0.6) is 0 Å². The van der Waals surface area contributed by atoms with Crippen molar-refractivity contribution in [2.75, 3.05) is 6.54 Å². The van der Waals surface area contributed by atoms with Gasteiger partial charge in [-0.1, -0.05) is 62.9 Å². The molecular formula is C19H26N4OS. The summed E-state index contributed by atoms with van der Waals surface area (Å²) in [4.78, 5) is 12.0. The van der Waals surface area contributed by atoms with E-state index < -0.39 is 0 Å². The third-order valence-electron chi connectivity index (χ3n) is 3.92. The monoisotopic (exact) mass is 358 g/mol. The lowest BCUT2D eigenvalue weighted by Crippen LogP contribution is -2.31. The van der Waals surface area contributed by atoms with E-state index in [2.05, 4.69) is 67.1 Å². The van der Waals surface area contributed by atoms with E-state index >= 15 is 0 Å². The molecule has 1 heterocycles. The highest BCUT2D eigenvalue weighted by Crippen LogP contribution is 2.28. The first kappa shape index (κ1) is 19.2. The van der Waals surface area contributed by atoms with E-state index in [1.54, 1.807) is 6.08 Å². The van der Waals surface area contributed by atoms with Crippen molar-refractivity contribution in [2.24, 2.45) is 7.05 Å². The summed E-state index contributed by atoms with van der Waals surface area (Å²) in [7, 11) is 1.92. The van der Waals surface area contributed by atoms with Crippen molar-refractivity contribution in [2.45, 2.75) is 43.5 Å². The van der Waals surface area contributed by atoms with Crippen LogP contribution >= 0.6 is 11.8 Å². The van der Waals surface area contributed by atoms with Gasteiger partial charge in [-0.3, -0.25) is 4.79 Å². The number of carbonyl (C=O) groups is 1. The van der Waals surface area contributed by atoms with Crippen LogP contribution < -0.4 is 5.32 Å². The molecule has 0 aliphatic heterocycles. The molecule has 5 nitrogen and oxygen atoms in total. The number of rotatable bonds is 6. The fourth-order valence-corrected chi connectivity index (χ4v) is 3.16. The normalized spacial score (nSPS) is 12.7. The molecule has 0 saturated heterocycles. The van der Waals surface area contributed by atoms with E-state index in [0.29, 0.717) is 6.54 Å². The fourth-order valence-electron chi connectivity index (χ4n) is 2.32. The van der Waals surface area contributed by atoms with E-state index in [9.17, 15) is 4.79 Å². The summed E-state index contributed by atoms with van der Waals surface area (Å²) < 4.78 is 1.92. The SMILES string of the molecule is C=CCNC(=O)[C@@H](C)Sc1nnc(-c2ccc(C(C)(C)C)cc2)n1C. The highest BCUT2D eigenvalue weighted by atomic mass is 32.2. The second-order valence-electron chi connectivity index (χ2n) is 6.99. The molecule has 0 aliphatic carbocycles. The molecule has 1 aromatic heterocycles. The number of hydrogen-bond donors (Lipinski definition) is 1. The number of nitrogens with one attached hydrogen (secondary N) is 1. The van der Waals surface area contributed by atoms with Crippen LogP contribution in [-0.4, -0.2) is 32.5 Å². The largest absolute Gasteiger partial charge is 0.352 e. The Balaban J connectivity index is 2.15. The number of nitrogens with zero attached hydrogens (tertiary/aromatic N) is 3. The molecule has 1 aromatic carbocycles. The van der Waals surface area contributed by atoms with Crippen molar-refractivity contribution in [3.63, 3.8) is 0 Å². The maximum Gasteiger partial charge on any atom is 0.233 e. The fraction of sp³-hybridized carbons (Fsp3) is 0.421. The van der Waals surface area contributed by atoms with Crippen LogP contribution in [0, 0.1) is 0 Å².